The van der Waals surface area contributed by atoms with Gasteiger partial charge in [-0.2, -0.15) is 0 Å². The van der Waals surface area contributed by atoms with Gasteiger partial charge in [0.2, 0.25) is 11.8 Å². The number of nitrogens with zero attached hydrogens (tertiary/aromatic N) is 3. The number of benzene rings is 3. The van der Waals surface area contributed by atoms with Crippen LogP contribution in [0.1, 0.15) is 18.9 Å². The summed E-state index contributed by atoms with van der Waals surface area (Å²) in [5.74, 6) is -1.67. The summed E-state index contributed by atoms with van der Waals surface area (Å²) in [4.78, 5) is 49.8. The third kappa shape index (κ3) is 6.40. The number of ether oxygens (including phenoxy) is 1. The minimum Gasteiger partial charge on any atom is -0.494 e. The normalized spacial score (nSPS) is 25.6. The minimum absolute atomic E-state index is 0.137. The van der Waals surface area contributed by atoms with Crippen molar-refractivity contribution in [1.82, 2.24) is 4.90 Å². The molecule has 262 valence electrons. The Morgan fingerprint density at radius 1 is 1.04 bits per heavy atom. The fourth-order valence-electron chi connectivity index (χ4n) is 7.93. The highest BCUT2D eigenvalue weighted by Gasteiger charge is 2.76. The third-order valence-corrected chi connectivity index (χ3v) is 13.5. The molecule has 0 radical (unpaired) electrons. The van der Waals surface area contributed by atoms with E-state index in [0.717, 1.165) is 5.56 Å². The van der Waals surface area contributed by atoms with Crippen molar-refractivity contribution in [3.8, 4) is 5.75 Å². The summed E-state index contributed by atoms with van der Waals surface area (Å²) in [6, 6.07) is 22.3. The molecular formula is C39H41BrClN3O5S. The van der Waals surface area contributed by atoms with Crippen molar-refractivity contribution in [1.29, 1.82) is 0 Å². The van der Waals surface area contributed by atoms with Gasteiger partial charge in [-0.3, -0.25) is 14.4 Å². The lowest BCUT2D eigenvalue weighted by atomic mass is 9.70. The molecule has 3 aliphatic rings. The molecule has 3 aromatic carbocycles. The molecule has 11 heteroatoms. The van der Waals surface area contributed by atoms with Gasteiger partial charge in [0, 0.05) is 28.9 Å². The van der Waals surface area contributed by atoms with E-state index in [1.807, 2.05) is 67.6 Å². The monoisotopic (exact) mass is 777 g/mol. The molecule has 0 aliphatic carbocycles. The van der Waals surface area contributed by atoms with Gasteiger partial charge in [-0.15, -0.1) is 24.9 Å². The standard InChI is InChI=1S/C39H41BrClN3O5S/c1-4-20-42(26-16-18-28(19-17-26)49-6-3)36(46)32-33-37(47)44(27(24-45)22-25-12-8-7-9-13-25)35(39(33)23-29(40)34(32)50-39)38(48)43(21-5-2)31-15-11-10-14-30(31)41/h4-5,7-19,27,29,32-35,45H,1-2,6,20-24H2,3H3/t27-,29?,32-,33+,34-,35?,39?/m1/s1. The molecule has 8 nitrogen and oxygen atoms in total. The second-order valence-corrected chi connectivity index (χ2v) is 15.9. The van der Waals surface area contributed by atoms with Crippen LogP contribution in [-0.2, 0) is 20.8 Å². The second kappa shape index (κ2) is 15.4. The van der Waals surface area contributed by atoms with Crippen molar-refractivity contribution in [2.24, 2.45) is 11.8 Å². The zero-order chi connectivity index (χ0) is 35.6. The van der Waals surface area contributed by atoms with Gasteiger partial charge in [-0.1, -0.05) is 82.1 Å². The summed E-state index contributed by atoms with van der Waals surface area (Å²) < 4.78 is 4.68. The third-order valence-electron chi connectivity index (χ3n) is 9.92. The van der Waals surface area contributed by atoms with E-state index in [1.54, 1.807) is 56.8 Å². The van der Waals surface area contributed by atoms with Gasteiger partial charge >= 0.3 is 0 Å². The number of hydrogen-bond donors (Lipinski definition) is 1. The van der Waals surface area contributed by atoms with Crippen LogP contribution in [0.4, 0.5) is 11.4 Å². The van der Waals surface area contributed by atoms with Crippen molar-refractivity contribution < 1.29 is 24.2 Å². The number of aliphatic hydroxyl groups is 1. The molecular weight excluding hydrogens is 738 g/mol. The highest BCUT2D eigenvalue weighted by Crippen LogP contribution is 2.68. The van der Waals surface area contributed by atoms with Crippen LogP contribution in [0.5, 0.6) is 5.75 Å². The van der Waals surface area contributed by atoms with E-state index in [4.69, 9.17) is 16.3 Å². The predicted octanol–water partition coefficient (Wildman–Crippen LogP) is 6.55. The number of fused-ring (bicyclic) bond motifs is 1. The zero-order valence-corrected chi connectivity index (χ0v) is 31.0. The molecule has 3 aliphatic heterocycles. The molecule has 3 aromatic rings. The number of aliphatic hydroxyl groups excluding tert-OH is 1. The number of amides is 3. The number of carbonyl (C=O) groups is 3. The molecule has 3 heterocycles. The number of halogens is 2. The number of alkyl halides is 1. The predicted molar refractivity (Wildman–Crippen MR) is 204 cm³/mol. The summed E-state index contributed by atoms with van der Waals surface area (Å²) in [5, 5.41) is 11.0. The van der Waals surface area contributed by atoms with Crippen molar-refractivity contribution in [2.45, 2.75) is 46.7 Å². The zero-order valence-electron chi connectivity index (χ0n) is 27.9. The first-order valence-corrected chi connectivity index (χ1v) is 19.0. The molecule has 3 saturated heterocycles. The van der Waals surface area contributed by atoms with E-state index in [9.17, 15) is 9.90 Å². The van der Waals surface area contributed by atoms with Crippen molar-refractivity contribution in [3.05, 3.63) is 115 Å². The summed E-state index contributed by atoms with van der Waals surface area (Å²) in [5.41, 5.74) is 2.09. The van der Waals surface area contributed by atoms with Crippen molar-refractivity contribution in [3.63, 3.8) is 0 Å². The molecule has 6 rings (SSSR count). The lowest BCUT2D eigenvalue weighted by Gasteiger charge is -2.40. The van der Waals surface area contributed by atoms with E-state index in [2.05, 4.69) is 29.1 Å². The average Bonchev–Trinajstić information content (AvgIpc) is 3.72. The molecule has 0 saturated carbocycles. The first kappa shape index (κ1) is 36.2. The molecule has 3 fully saturated rings. The van der Waals surface area contributed by atoms with E-state index >= 15 is 9.59 Å². The highest BCUT2D eigenvalue weighted by molar-refractivity contribution is 9.09. The maximum atomic E-state index is 15.2. The van der Waals surface area contributed by atoms with Gasteiger partial charge in [0.15, 0.2) is 0 Å². The van der Waals surface area contributed by atoms with E-state index < -0.39 is 28.7 Å². The van der Waals surface area contributed by atoms with Gasteiger partial charge in [0.1, 0.15) is 11.8 Å². The fourth-order valence-corrected chi connectivity index (χ4v) is 11.8. The van der Waals surface area contributed by atoms with Crippen LogP contribution in [0.3, 0.4) is 0 Å². The molecule has 3 amide bonds. The van der Waals surface area contributed by atoms with Crippen LogP contribution >= 0.6 is 39.3 Å². The number of likely N-dealkylation sites (tertiary alicyclic amines) is 1. The number of carbonyl (C=O) groups excluding carboxylic acids is 3. The lowest BCUT2D eigenvalue weighted by Crippen LogP contribution is -2.58. The molecule has 50 heavy (non-hydrogen) atoms. The molecule has 1 N–H and O–H groups in total. The van der Waals surface area contributed by atoms with E-state index in [1.165, 1.54) is 0 Å². The summed E-state index contributed by atoms with van der Waals surface area (Å²) in [6.07, 6.45) is 4.13. The largest absolute Gasteiger partial charge is 0.494 e. The fraction of sp³-hybridized carbons (Fsp3) is 0.359. The number of anilines is 2. The highest BCUT2D eigenvalue weighted by atomic mass is 79.9. The number of thioether (sulfide) groups is 1. The SMILES string of the molecule is C=CCN(C(=O)[C@H]1[C@@H]2SC3(CC2Br)C(C(=O)N(CC=C)c2ccccc2Cl)N([C@@H](CO)Cc2ccccc2)C(=O)[C@H]13)c1ccc(OCC)cc1. The van der Waals surface area contributed by atoms with Crippen LogP contribution < -0.4 is 14.5 Å². The van der Waals surface area contributed by atoms with Gasteiger partial charge < -0.3 is 24.5 Å². The topological polar surface area (TPSA) is 90.4 Å². The maximum absolute atomic E-state index is 15.2. The lowest BCUT2D eigenvalue weighted by molar-refractivity contribution is -0.141. The molecule has 2 bridgehead atoms. The van der Waals surface area contributed by atoms with E-state index in [-0.39, 0.29) is 47.5 Å². The molecule has 1 spiro atoms. The van der Waals surface area contributed by atoms with Crippen molar-refractivity contribution >= 4 is 68.4 Å². The Morgan fingerprint density at radius 2 is 1.70 bits per heavy atom. The molecule has 3 unspecified atom stereocenters. The quantitative estimate of drug-likeness (QED) is 0.148. The Bertz CT molecular complexity index is 1740. The molecule has 0 aromatic heterocycles. The van der Waals surface area contributed by atoms with Crippen LogP contribution in [0, 0.1) is 11.8 Å². The van der Waals surface area contributed by atoms with Crippen LogP contribution in [0.2, 0.25) is 5.02 Å². The Hall–Kier alpha value is -3.57. The summed E-state index contributed by atoms with van der Waals surface area (Å²) in [7, 11) is 0. The number of rotatable bonds is 14. The van der Waals surface area contributed by atoms with Crippen LogP contribution in [0.15, 0.2) is 104 Å². The van der Waals surface area contributed by atoms with Crippen LogP contribution in [0.25, 0.3) is 0 Å². The number of hydrogen-bond acceptors (Lipinski definition) is 6. The Morgan fingerprint density at radius 3 is 2.34 bits per heavy atom. The molecule has 7 atom stereocenters. The Labute approximate surface area is 311 Å². The average molecular weight is 779 g/mol. The Balaban J connectivity index is 1.46. The maximum Gasteiger partial charge on any atom is 0.251 e. The smallest absolute Gasteiger partial charge is 0.251 e. The minimum atomic E-state index is -0.983. The van der Waals surface area contributed by atoms with Gasteiger partial charge in [0.05, 0.1) is 46.5 Å². The summed E-state index contributed by atoms with van der Waals surface area (Å²) in [6.45, 7) is 10.3. The first-order valence-electron chi connectivity index (χ1n) is 16.8. The van der Waals surface area contributed by atoms with Crippen molar-refractivity contribution in [2.75, 3.05) is 36.1 Å². The Kier molecular flexibility index (Phi) is 11.1. The summed E-state index contributed by atoms with van der Waals surface area (Å²) >= 11 is 12.1. The van der Waals surface area contributed by atoms with Gasteiger partial charge in [-0.05, 0) is 61.7 Å². The van der Waals surface area contributed by atoms with Gasteiger partial charge in [0.25, 0.3) is 5.91 Å². The van der Waals surface area contributed by atoms with Crippen LogP contribution in [-0.4, -0.2) is 80.9 Å². The second-order valence-electron chi connectivity index (χ2n) is 12.8. The van der Waals surface area contributed by atoms with E-state index in [0.29, 0.717) is 41.6 Å². The first-order chi connectivity index (χ1) is 24.2. The number of para-hydroxylation sites is 1. The van der Waals surface area contributed by atoms with Gasteiger partial charge in [-0.25, -0.2) is 0 Å².